The maximum absolute atomic E-state index is 13.8. The van der Waals surface area contributed by atoms with Crippen LogP contribution in [0.2, 0.25) is 0 Å². The number of nitrogens with one attached hydrogen (secondary N) is 2. The molecule has 0 aliphatic rings. The van der Waals surface area contributed by atoms with Crippen LogP contribution in [0, 0.1) is 5.82 Å². The Morgan fingerprint density at radius 2 is 1.69 bits per heavy atom. The van der Waals surface area contributed by atoms with Crippen molar-refractivity contribution in [1.82, 2.24) is 0 Å². The van der Waals surface area contributed by atoms with Crippen molar-refractivity contribution >= 4 is 33.0 Å². The maximum atomic E-state index is 13.8. The second kappa shape index (κ2) is 9.82. The van der Waals surface area contributed by atoms with Crippen LogP contribution >= 0.6 is 0 Å². The van der Waals surface area contributed by atoms with Gasteiger partial charge in [0, 0.05) is 29.5 Å². The molecule has 0 aromatic heterocycles. The van der Waals surface area contributed by atoms with E-state index in [0.717, 1.165) is 18.3 Å². The third kappa shape index (κ3) is 5.45. The molecule has 0 unspecified atom stereocenters. The van der Waals surface area contributed by atoms with Gasteiger partial charge in [-0.3, -0.25) is 9.52 Å². The highest BCUT2D eigenvalue weighted by molar-refractivity contribution is 7.92. The van der Waals surface area contributed by atoms with E-state index in [1.807, 2.05) is 12.1 Å². The van der Waals surface area contributed by atoms with Crippen LogP contribution in [0.3, 0.4) is 0 Å². The fourth-order valence-electron chi connectivity index (χ4n) is 3.34. The summed E-state index contributed by atoms with van der Waals surface area (Å²) in [6.45, 7) is 7.17. The molecule has 0 radical (unpaired) electrons. The van der Waals surface area contributed by atoms with Gasteiger partial charge in [-0.15, -0.1) is 0 Å². The lowest BCUT2D eigenvalue weighted by molar-refractivity contribution is 0.102. The van der Waals surface area contributed by atoms with Gasteiger partial charge in [0.1, 0.15) is 5.82 Å². The Balaban J connectivity index is 1.76. The van der Waals surface area contributed by atoms with E-state index < -0.39 is 21.7 Å². The highest BCUT2D eigenvalue weighted by Gasteiger charge is 2.18. The highest BCUT2D eigenvalue weighted by atomic mass is 32.2. The first-order chi connectivity index (χ1) is 15.2. The number of carbonyl (C=O) groups is 1. The zero-order valence-electron chi connectivity index (χ0n) is 18.2. The molecule has 0 aliphatic carbocycles. The van der Waals surface area contributed by atoms with Crippen LogP contribution in [0.25, 0.3) is 0 Å². The molecule has 8 heteroatoms. The quantitative estimate of drug-likeness (QED) is 0.495. The smallest absolute Gasteiger partial charge is 0.262 e. The number of hydrogen-bond donors (Lipinski definition) is 2. The predicted molar refractivity (Wildman–Crippen MR) is 126 cm³/mol. The summed E-state index contributed by atoms with van der Waals surface area (Å²) in [6, 6.07) is 18.9. The molecule has 2 N–H and O–H groups in total. The Labute approximate surface area is 188 Å². The second-order valence-electron chi connectivity index (χ2n) is 7.49. The van der Waals surface area contributed by atoms with Crippen LogP contribution in [0.1, 0.15) is 31.1 Å². The molecule has 6 nitrogen and oxygen atoms in total. The summed E-state index contributed by atoms with van der Waals surface area (Å²) in [5.41, 5.74) is 1.65. The van der Waals surface area contributed by atoms with Crippen LogP contribution in [-0.2, 0) is 10.0 Å². The molecule has 3 rings (SSSR count). The van der Waals surface area contributed by atoms with Crippen molar-refractivity contribution in [2.45, 2.75) is 31.7 Å². The van der Waals surface area contributed by atoms with Crippen LogP contribution in [0.15, 0.2) is 77.7 Å². The van der Waals surface area contributed by atoms with Crippen molar-refractivity contribution < 1.29 is 17.6 Å². The molecule has 0 aliphatic heterocycles. The molecule has 3 aromatic rings. The van der Waals surface area contributed by atoms with Gasteiger partial charge in [0.25, 0.3) is 15.9 Å². The zero-order chi connectivity index (χ0) is 23.3. The molecular weight excluding hydrogens is 429 g/mol. The monoisotopic (exact) mass is 455 g/mol. The molecule has 168 valence electrons. The Hall–Kier alpha value is -3.39. The largest absolute Gasteiger partial charge is 0.369 e. The van der Waals surface area contributed by atoms with E-state index in [1.54, 1.807) is 12.1 Å². The SMILES string of the molecule is CCN(c1ccc(NC(=O)c2cccc(S(=O)(=O)Nc3ccccc3F)c2)cc1)C(C)C. The zero-order valence-corrected chi connectivity index (χ0v) is 19.0. The Morgan fingerprint density at radius 3 is 2.31 bits per heavy atom. The lowest BCUT2D eigenvalue weighted by atomic mass is 10.2. The fourth-order valence-corrected chi connectivity index (χ4v) is 4.45. The number of para-hydroxylation sites is 1. The van der Waals surface area contributed by atoms with Gasteiger partial charge in [-0.2, -0.15) is 0 Å². The molecular formula is C24H26FN3O3S. The van der Waals surface area contributed by atoms with E-state index >= 15 is 0 Å². The lowest BCUT2D eigenvalue weighted by Crippen LogP contribution is -2.30. The first-order valence-corrected chi connectivity index (χ1v) is 11.7. The number of anilines is 3. The van der Waals surface area contributed by atoms with Gasteiger partial charge in [0.15, 0.2) is 0 Å². The summed E-state index contributed by atoms with van der Waals surface area (Å²) in [5.74, 6) is -1.13. The summed E-state index contributed by atoms with van der Waals surface area (Å²) in [5, 5.41) is 2.78. The molecule has 0 atom stereocenters. The summed E-state index contributed by atoms with van der Waals surface area (Å²) in [4.78, 5) is 14.8. The molecule has 3 aromatic carbocycles. The summed E-state index contributed by atoms with van der Waals surface area (Å²) >= 11 is 0. The van der Waals surface area contributed by atoms with Crippen molar-refractivity contribution in [2.75, 3.05) is 21.5 Å². The number of sulfonamides is 1. The number of amides is 1. The van der Waals surface area contributed by atoms with Crippen molar-refractivity contribution in [3.8, 4) is 0 Å². The first-order valence-electron chi connectivity index (χ1n) is 10.3. The van der Waals surface area contributed by atoms with Crippen molar-refractivity contribution in [3.05, 3.63) is 84.2 Å². The Bertz CT molecular complexity index is 1200. The van der Waals surface area contributed by atoms with Crippen LogP contribution in [0.4, 0.5) is 21.5 Å². The van der Waals surface area contributed by atoms with Crippen molar-refractivity contribution in [3.63, 3.8) is 0 Å². The van der Waals surface area contributed by atoms with Gasteiger partial charge in [-0.1, -0.05) is 18.2 Å². The van der Waals surface area contributed by atoms with Gasteiger partial charge in [0.05, 0.1) is 10.6 Å². The number of hydrogen-bond acceptors (Lipinski definition) is 4. The fraction of sp³-hybridized carbons (Fsp3) is 0.208. The summed E-state index contributed by atoms with van der Waals surface area (Å²) in [6.07, 6.45) is 0. The second-order valence-corrected chi connectivity index (χ2v) is 9.18. The number of carbonyl (C=O) groups excluding carboxylic acids is 1. The predicted octanol–water partition coefficient (Wildman–Crippen LogP) is 5.11. The molecule has 0 spiro atoms. The number of halogens is 1. The lowest BCUT2D eigenvalue weighted by Gasteiger charge is -2.27. The van der Waals surface area contributed by atoms with Crippen molar-refractivity contribution in [2.24, 2.45) is 0 Å². The van der Waals surface area contributed by atoms with Crippen LogP contribution in [0.5, 0.6) is 0 Å². The molecule has 0 bridgehead atoms. The first kappa shape index (κ1) is 23.3. The van der Waals surface area contributed by atoms with Crippen molar-refractivity contribution in [1.29, 1.82) is 0 Å². The number of rotatable bonds is 8. The third-order valence-corrected chi connectivity index (χ3v) is 6.31. The Morgan fingerprint density at radius 1 is 1.00 bits per heavy atom. The maximum Gasteiger partial charge on any atom is 0.262 e. The minimum Gasteiger partial charge on any atom is -0.369 e. The van der Waals surface area contributed by atoms with E-state index in [2.05, 4.69) is 35.7 Å². The van der Waals surface area contributed by atoms with Gasteiger partial charge in [-0.25, -0.2) is 12.8 Å². The van der Waals surface area contributed by atoms with E-state index in [-0.39, 0.29) is 16.1 Å². The molecule has 32 heavy (non-hydrogen) atoms. The van der Waals surface area contributed by atoms with E-state index in [0.29, 0.717) is 11.7 Å². The average molecular weight is 456 g/mol. The number of nitrogens with zero attached hydrogens (tertiary/aromatic N) is 1. The molecule has 0 fully saturated rings. The minimum absolute atomic E-state index is 0.140. The summed E-state index contributed by atoms with van der Waals surface area (Å²) in [7, 11) is -4.07. The summed E-state index contributed by atoms with van der Waals surface area (Å²) < 4.78 is 41.4. The molecule has 0 saturated carbocycles. The topological polar surface area (TPSA) is 78.5 Å². The molecule has 0 saturated heterocycles. The van der Waals surface area contributed by atoms with Gasteiger partial charge >= 0.3 is 0 Å². The van der Waals surface area contributed by atoms with Crippen LogP contribution in [-0.4, -0.2) is 26.9 Å². The van der Waals surface area contributed by atoms with Gasteiger partial charge in [-0.05, 0) is 75.4 Å². The van der Waals surface area contributed by atoms with Gasteiger partial charge < -0.3 is 10.2 Å². The highest BCUT2D eigenvalue weighted by Crippen LogP contribution is 2.22. The average Bonchev–Trinajstić information content (AvgIpc) is 2.77. The van der Waals surface area contributed by atoms with Gasteiger partial charge in [0.2, 0.25) is 0 Å². The van der Waals surface area contributed by atoms with Crippen LogP contribution < -0.4 is 14.9 Å². The standard InChI is InChI=1S/C24H26FN3O3S/c1-4-28(17(2)3)20-14-12-19(13-15-20)26-24(29)18-8-7-9-21(16-18)32(30,31)27-23-11-6-5-10-22(23)25/h5-17,27H,4H2,1-3H3,(H,26,29). The molecule has 0 heterocycles. The van der Waals surface area contributed by atoms with E-state index in [1.165, 1.54) is 42.5 Å². The number of benzene rings is 3. The normalized spacial score (nSPS) is 11.3. The minimum atomic E-state index is -4.07. The van der Waals surface area contributed by atoms with E-state index in [9.17, 15) is 17.6 Å². The molecule has 1 amide bonds. The van der Waals surface area contributed by atoms with E-state index in [4.69, 9.17) is 0 Å². The Kier molecular flexibility index (Phi) is 7.15. The third-order valence-electron chi connectivity index (χ3n) is 4.95.